The van der Waals surface area contributed by atoms with Gasteiger partial charge in [-0.3, -0.25) is 4.79 Å². The molecule has 1 aliphatic heterocycles. The first kappa shape index (κ1) is 19.4. The van der Waals surface area contributed by atoms with Crippen molar-refractivity contribution in [3.63, 3.8) is 0 Å². The van der Waals surface area contributed by atoms with E-state index in [0.29, 0.717) is 13.1 Å². The number of fused-ring (bicyclic) bond motifs is 1. The van der Waals surface area contributed by atoms with Crippen LogP contribution in [0, 0.1) is 0 Å². The molecule has 1 N–H and O–H groups in total. The Morgan fingerprint density at radius 1 is 1.28 bits per heavy atom. The summed E-state index contributed by atoms with van der Waals surface area (Å²) in [6, 6.07) is 10.4. The highest BCUT2D eigenvalue weighted by Gasteiger charge is 2.30. The molecule has 1 aromatic heterocycles. The lowest BCUT2D eigenvalue weighted by atomic mass is 10.1. The lowest BCUT2D eigenvalue weighted by Crippen LogP contribution is -2.47. The predicted octanol–water partition coefficient (Wildman–Crippen LogP) is 2.00. The molecule has 6 nitrogen and oxygen atoms in total. The van der Waals surface area contributed by atoms with E-state index in [1.807, 2.05) is 17.9 Å². The molecular weight excluding hydrogens is 338 g/mol. The predicted molar refractivity (Wildman–Crippen MR) is 99.8 cm³/mol. The first-order valence-corrected chi connectivity index (χ1v) is 8.52. The molecule has 1 amide bonds. The molecule has 0 radical (unpaired) electrons. The number of rotatable bonds is 5. The summed E-state index contributed by atoms with van der Waals surface area (Å²) in [4.78, 5) is 14.3. The van der Waals surface area contributed by atoms with E-state index in [4.69, 9.17) is 0 Å². The fourth-order valence-corrected chi connectivity index (χ4v) is 3.25. The Morgan fingerprint density at radius 3 is 2.68 bits per heavy atom. The molecule has 0 spiro atoms. The smallest absolute Gasteiger partial charge is 0.239 e. The number of nitrogens with one attached hydrogen (secondary N) is 1. The van der Waals surface area contributed by atoms with Gasteiger partial charge in [-0.15, -0.1) is 22.6 Å². The Morgan fingerprint density at radius 2 is 2.00 bits per heavy atom. The minimum Gasteiger partial charge on any atom is -0.332 e. The number of nitrogens with zero attached hydrogens (tertiary/aromatic N) is 4. The van der Waals surface area contributed by atoms with Crippen LogP contribution in [0.1, 0.15) is 37.1 Å². The number of carbonyl (C=O) groups excluding carboxylic acids is 1. The molecule has 1 aliphatic rings. The molecule has 136 valence electrons. The van der Waals surface area contributed by atoms with Crippen molar-refractivity contribution in [2.24, 2.45) is 0 Å². The van der Waals surface area contributed by atoms with Crippen LogP contribution in [0.3, 0.4) is 0 Å². The average molecular weight is 364 g/mol. The summed E-state index contributed by atoms with van der Waals surface area (Å²) in [5.41, 5.74) is 1.30. The molecule has 0 bridgehead atoms. The van der Waals surface area contributed by atoms with Crippen molar-refractivity contribution in [2.75, 3.05) is 13.6 Å². The van der Waals surface area contributed by atoms with Gasteiger partial charge in [0.05, 0.1) is 18.6 Å². The molecule has 0 unspecified atom stereocenters. The maximum absolute atomic E-state index is 12.4. The number of benzene rings is 1. The van der Waals surface area contributed by atoms with Crippen molar-refractivity contribution >= 4 is 18.3 Å². The van der Waals surface area contributed by atoms with E-state index in [1.54, 1.807) is 7.05 Å². The van der Waals surface area contributed by atoms with Gasteiger partial charge < -0.3 is 14.8 Å². The fraction of sp³-hybridized carbons (Fsp3) is 0.500. The maximum atomic E-state index is 12.4. The number of halogens is 1. The third-order valence-electron chi connectivity index (χ3n) is 4.69. The molecule has 2 atom stereocenters. The van der Waals surface area contributed by atoms with Gasteiger partial charge in [0, 0.05) is 13.0 Å². The number of amides is 1. The van der Waals surface area contributed by atoms with Gasteiger partial charge in [-0.05, 0) is 32.9 Å². The zero-order valence-electron chi connectivity index (χ0n) is 15.0. The summed E-state index contributed by atoms with van der Waals surface area (Å²) < 4.78 is 2.21. The number of hydrogen-bond donors (Lipinski definition) is 1. The van der Waals surface area contributed by atoms with Gasteiger partial charge in [0.25, 0.3) is 0 Å². The van der Waals surface area contributed by atoms with E-state index in [1.165, 1.54) is 5.56 Å². The number of likely N-dealkylation sites (N-methyl/N-ethyl adjacent to an activating group) is 1. The first-order valence-electron chi connectivity index (χ1n) is 8.52. The van der Waals surface area contributed by atoms with Crippen molar-refractivity contribution in [1.82, 2.24) is 25.0 Å². The van der Waals surface area contributed by atoms with Crippen molar-refractivity contribution < 1.29 is 4.79 Å². The zero-order valence-corrected chi connectivity index (χ0v) is 15.8. The average Bonchev–Trinajstić information content (AvgIpc) is 3.03. The summed E-state index contributed by atoms with van der Waals surface area (Å²) in [6.45, 7) is 5.25. The lowest BCUT2D eigenvalue weighted by molar-refractivity contribution is -0.134. The summed E-state index contributed by atoms with van der Waals surface area (Å²) in [5.74, 6) is 2.01. The quantitative estimate of drug-likeness (QED) is 0.882. The normalized spacial score (nSPS) is 17.6. The highest BCUT2D eigenvalue weighted by Crippen LogP contribution is 2.22. The highest BCUT2D eigenvalue weighted by molar-refractivity contribution is 5.85. The molecule has 0 saturated heterocycles. The Hall–Kier alpha value is -1.92. The van der Waals surface area contributed by atoms with Crippen LogP contribution in [-0.2, 0) is 24.2 Å². The lowest BCUT2D eigenvalue weighted by Gasteiger charge is -2.34. The SMILES string of the molecule is CN[C@@H](C)C(=O)N1Cc2nnc(CCc3ccccc3)n2[C@@H](C)C1.Cl. The van der Waals surface area contributed by atoms with Crippen molar-refractivity contribution in [3.8, 4) is 0 Å². The van der Waals surface area contributed by atoms with Crippen LogP contribution in [0.4, 0.5) is 0 Å². The summed E-state index contributed by atoms with van der Waals surface area (Å²) in [5, 5.41) is 11.7. The summed E-state index contributed by atoms with van der Waals surface area (Å²) in [6.07, 6.45) is 1.81. The number of hydrogen-bond acceptors (Lipinski definition) is 4. The van der Waals surface area contributed by atoms with Crippen LogP contribution in [0.2, 0.25) is 0 Å². The van der Waals surface area contributed by atoms with E-state index >= 15 is 0 Å². The standard InChI is InChI=1S/C18H25N5O.ClH/c1-13-11-22(18(24)14(2)19-3)12-17-21-20-16(23(13)17)10-9-15-7-5-4-6-8-15;/h4-8,13-14,19H,9-12H2,1-3H3;1H/t13-,14-;/m0./s1. The van der Waals surface area contributed by atoms with E-state index < -0.39 is 0 Å². The third-order valence-corrected chi connectivity index (χ3v) is 4.69. The number of aromatic nitrogens is 3. The second-order valence-electron chi connectivity index (χ2n) is 6.47. The molecule has 0 aliphatic carbocycles. The van der Waals surface area contributed by atoms with Crippen molar-refractivity contribution in [3.05, 3.63) is 47.5 Å². The second kappa shape index (κ2) is 8.45. The fourth-order valence-electron chi connectivity index (χ4n) is 3.25. The van der Waals surface area contributed by atoms with Gasteiger partial charge in [-0.25, -0.2) is 0 Å². The van der Waals surface area contributed by atoms with E-state index in [9.17, 15) is 4.79 Å². The van der Waals surface area contributed by atoms with Crippen LogP contribution in [-0.4, -0.2) is 45.2 Å². The van der Waals surface area contributed by atoms with Gasteiger partial charge in [-0.2, -0.15) is 0 Å². The molecule has 25 heavy (non-hydrogen) atoms. The molecule has 1 aromatic carbocycles. The Balaban J connectivity index is 0.00000225. The van der Waals surface area contributed by atoms with Gasteiger partial charge in [0.1, 0.15) is 5.82 Å². The zero-order chi connectivity index (χ0) is 17.1. The molecule has 0 fully saturated rings. The summed E-state index contributed by atoms with van der Waals surface area (Å²) in [7, 11) is 1.81. The van der Waals surface area contributed by atoms with Crippen molar-refractivity contribution in [2.45, 2.75) is 45.3 Å². The van der Waals surface area contributed by atoms with Crippen LogP contribution >= 0.6 is 12.4 Å². The van der Waals surface area contributed by atoms with Gasteiger partial charge >= 0.3 is 0 Å². The van der Waals surface area contributed by atoms with Gasteiger partial charge in [0.2, 0.25) is 5.91 Å². The molecule has 3 rings (SSSR count). The van der Waals surface area contributed by atoms with Crippen LogP contribution in [0.15, 0.2) is 30.3 Å². The largest absolute Gasteiger partial charge is 0.332 e. The van der Waals surface area contributed by atoms with E-state index in [-0.39, 0.29) is 30.4 Å². The second-order valence-corrected chi connectivity index (χ2v) is 6.47. The minimum atomic E-state index is -0.177. The minimum absolute atomic E-state index is 0. The van der Waals surface area contributed by atoms with E-state index in [0.717, 1.165) is 24.5 Å². The number of aryl methyl sites for hydroxylation is 2. The maximum Gasteiger partial charge on any atom is 0.239 e. The molecule has 0 saturated carbocycles. The number of carbonyl (C=O) groups is 1. The highest BCUT2D eigenvalue weighted by atomic mass is 35.5. The molecular formula is C18H26ClN5O. The molecule has 7 heteroatoms. The van der Waals surface area contributed by atoms with Crippen molar-refractivity contribution in [1.29, 1.82) is 0 Å². The topological polar surface area (TPSA) is 63.1 Å². The van der Waals surface area contributed by atoms with Crippen LogP contribution < -0.4 is 5.32 Å². The van der Waals surface area contributed by atoms with Crippen LogP contribution in [0.25, 0.3) is 0 Å². The van der Waals surface area contributed by atoms with Gasteiger partial charge in [0.15, 0.2) is 5.82 Å². The Kier molecular flexibility index (Phi) is 6.56. The molecule has 2 heterocycles. The first-order chi connectivity index (χ1) is 11.6. The van der Waals surface area contributed by atoms with Gasteiger partial charge in [-0.1, -0.05) is 30.3 Å². The van der Waals surface area contributed by atoms with E-state index in [2.05, 4.69) is 51.3 Å². The Bertz CT molecular complexity index is 703. The van der Waals surface area contributed by atoms with Crippen LogP contribution in [0.5, 0.6) is 0 Å². The third kappa shape index (κ3) is 4.19. The Labute approximate surface area is 155 Å². The molecule has 2 aromatic rings. The summed E-state index contributed by atoms with van der Waals surface area (Å²) >= 11 is 0. The monoisotopic (exact) mass is 363 g/mol.